The van der Waals surface area contributed by atoms with Crippen molar-refractivity contribution in [3.05, 3.63) is 53.6 Å². The molecule has 0 radical (unpaired) electrons. The number of aromatic nitrogens is 2. The van der Waals surface area contributed by atoms with E-state index in [0.717, 1.165) is 30.8 Å². The summed E-state index contributed by atoms with van der Waals surface area (Å²) in [6, 6.07) is 8.80. The minimum absolute atomic E-state index is 0.187. The number of ether oxygens (including phenoxy) is 1. The summed E-state index contributed by atoms with van der Waals surface area (Å²) in [5.41, 5.74) is 2.01. The van der Waals surface area contributed by atoms with Gasteiger partial charge in [-0.25, -0.2) is 4.39 Å². The van der Waals surface area contributed by atoms with E-state index in [1.54, 1.807) is 23.9 Å². The highest BCUT2D eigenvalue weighted by atomic mass is 19.1. The van der Waals surface area contributed by atoms with Gasteiger partial charge in [-0.05, 0) is 30.2 Å². The van der Waals surface area contributed by atoms with Crippen molar-refractivity contribution in [1.82, 2.24) is 15.1 Å². The first-order chi connectivity index (χ1) is 10.2. The predicted octanol–water partition coefficient (Wildman–Crippen LogP) is 2.12. The van der Waals surface area contributed by atoms with E-state index in [1.807, 2.05) is 25.4 Å². The van der Waals surface area contributed by atoms with Crippen LogP contribution in [0, 0.1) is 5.82 Å². The molecule has 0 amide bonds. The molecule has 1 aromatic heterocycles. The van der Waals surface area contributed by atoms with E-state index in [1.165, 1.54) is 6.07 Å². The highest BCUT2D eigenvalue weighted by Gasteiger charge is 2.14. The van der Waals surface area contributed by atoms with Crippen LogP contribution in [0.2, 0.25) is 0 Å². The maximum Gasteiger partial charge on any atom is 0.123 e. The summed E-state index contributed by atoms with van der Waals surface area (Å²) >= 11 is 0. The van der Waals surface area contributed by atoms with Gasteiger partial charge in [0, 0.05) is 39.4 Å². The van der Waals surface area contributed by atoms with Crippen LogP contribution < -0.4 is 5.32 Å². The molecule has 1 unspecified atom stereocenters. The van der Waals surface area contributed by atoms with Gasteiger partial charge in [0.15, 0.2) is 0 Å². The van der Waals surface area contributed by atoms with E-state index in [-0.39, 0.29) is 11.7 Å². The SMILES string of the molecule is COCCNCC(Cc1ccn(C)n1)c1cccc(F)c1. The molecule has 0 saturated heterocycles. The standard InChI is InChI=1S/C16H22FN3O/c1-20-8-6-16(19-20)11-14(12-18-7-9-21-2)13-4-3-5-15(17)10-13/h3-6,8,10,14,18H,7,9,11-12H2,1-2H3. The number of hydrogen-bond donors (Lipinski definition) is 1. The molecule has 1 heterocycles. The van der Waals surface area contributed by atoms with Gasteiger partial charge in [0.2, 0.25) is 0 Å². The smallest absolute Gasteiger partial charge is 0.123 e. The topological polar surface area (TPSA) is 39.1 Å². The first kappa shape index (κ1) is 15.7. The van der Waals surface area contributed by atoms with Crippen molar-refractivity contribution < 1.29 is 9.13 Å². The predicted molar refractivity (Wildman–Crippen MR) is 80.8 cm³/mol. The van der Waals surface area contributed by atoms with Crippen LogP contribution in [0.1, 0.15) is 17.2 Å². The second-order valence-corrected chi connectivity index (χ2v) is 5.13. The summed E-state index contributed by atoms with van der Waals surface area (Å²) in [6.07, 6.45) is 2.71. The van der Waals surface area contributed by atoms with Gasteiger partial charge in [0.1, 0.15) is 5.82 Å². The molecule has 5 heteroatoms. The zero-order valence-electron chi connectivity index (χ0n) is 12.6. The number of nitrogens with one attached hydrogen (secondary N) is 1. The van der Waals surface area contributed by atoms with Gasteiger partial charge in [-0.15, -0.1) is 0 Å². The van der Waals surface area contributed by atoms with E-state index >= 15 is 0 Å². The van der Waals surface area contributed by atoms with Crippen molar-refractivity contribution in [2.45, 2.75) is 12.3 Å². The molecular weight excluding hydrogens is 269 g/mol. The van der Waals surface area contributed by atoms with Crippen LogP contribution >= 0.6 is 0 Å². The number of nitrogens with zero attached hydrogens (tertiary/aromatic N) is 2. The molecule has 4 nitrogen and oxygen atoms in total. The fraction of sp³-hybridized carbons (Fsp3) is 0.438. The molecule has 0 fully saturated rings. The average molecular weight is 291 g/mol. The molecule has 1 N–H and O–H groups in total. The molecule has 0 aliphatic rings. The van der Waals surface area contributed by atoms with Crippen LogP contribution in [0.15, 0.2) is 36.5 Å². The fourth-order valence-electron chi connectivity index (χ4n) is 2.34. The number of benzene rings is 1. The maximum absolute atomic E-state index is 13.5. The van der Waals surface area contributed by atoms with Crippen molar-refractivity contribution in [2.75, 3.05) is 26.8 Å². The van der Waals surface area contributed by atoms with Gasteiger partial charge in [-0.1, -0.05) is 12.1 Å². The van der Waals surface area contributed by atoms with E-state index in [0.29, 0.717) is 6.61 Å². The van der Waals surface area contributed by atoms with Crippen molar-refractivity contribution in [3.8, 4) is 0 Å². The Morgan fingerprint density at radius 1 is 1.38 bits per heavy atom. The molecule has 2 rings (SSSR count). The first-order valence-corrected chi connectivity index (χ1v) is 7.12. The van der Waals surface area contributed by atoms with Crippen LogP contribution in [0.5, 0.6) is 0 Å². The minimum Gasteiger partial charge on any atom is -0.383 e. The quantitative estimate of drug-likeness (QED) is 0.757. The monoisotopic (exact) mass is 291 g/mol. The Bertz CT molecular complexity index is 556. The second-order valence-electron chi connectivity index (χ2n) is 5.13. The third kappa shape index (κ3) is 4.95. The van der Waals surface area contributed by atoms with Gasteiger partial charge in [0.05, 0.1) is 12.3 Å². The largest absolute Gasteiger partial charge is 0.383 e. The lowest BCUT2D eigenvalue weighted by Crippen LogP contribution is -2.26. The van der Waals surface area contributed by atoms with Gasteiger partial charge in [0.25, 0.3) is 0 Å². The minimum atomic E-state index is -0.199. The summed E-state index contributed by atoms with van der Waals surface area (Å²) in [4.78, 5) is 0. The zero-order chi connectivity index (χ0) is 15.1. The molecule has 0 aliphatic heterocycles. The van der Waals surface area contributed by atoms with Crippen LogP contribution in [-0.4, -0.2) is 36.6 Å². The molecule has 21 heavy (non-hydrogen) atoms. The van der Waals surface area contributed by atoms with Crippen LogP contribution in [0.3, 0.4) is 0 Å². The molecule has 114 valence electrons. The molecule has 0 spiro atoms. The average Bonchev–Trinajstić information content (AvgIpc) is 2.87. The lowest BCUT2D eigenvalue weighted by atomic mass is 9.94. The number of aryl methyl sites for hydroxylation is 1. The van der Waals surface area contributed by atoms with E-state index in [4.69, 9.17) is 4.74 Å². The second kappa shape index (κ2) is 7.90. The van der Waals surface area contributed by atoms with Gasteiger partial charge >= 0.3 is 0 Å². The summed E-state index contributed by atoms with van der Waals surface area (Å²) in [5, 5.41) is 7.76. The lowest BCUT2D eigenvalue weighted by Gasteiger charge is -2.17. The van der Waals surface area contributed by atoms with E-state index < -0.39 is 0 Å². The number of halogens is 1. The van der Waals surface area contributed by atoms with Gasteiger partial charge < -0.3 is 10.1 Å². The highest BCUT2D eigenvalue weighted by molar-refractivity contribution is 5.23. The van der Waals surface area contributed by atoms with Crippen molar-refractivity contribution in [1.29, 1.82) is 0 Å². The maximum atomic E-state index is 13.5. The van der Waals surface area contributed by atoms with Gasteiger partial charge in [-0.3, -0.25) is 4.68 Å². The third-order valence-corrected chi connectivity index (χ3v) is 3.42. The Balaban J connectivity index is 2.06. The molecule has 0 aliphatic carbocycles. The fourth-order valence-corrected chi connectivity index (χ4v) is 2.34. The van der Waals surface area contributed by atoms with E-state index in [2.05, 4.69) is 10.4 Å². The summed E-state index contributed by atoms with van der Waals surface area (Å²) in [7, 11) is 3.58. The number of hydrogen-bond acceptors (Lipinski definition) is 3. The summed E-state index contributed by atoms with van der Waals surface area (Å²) in [6.45, 7) is 2.22. The van der Waals surface area contributed by atoms with E-state index in [9.17, 15) is 4.39 Å². The Morgan fingerprint density at radius 2 is 2.24 bits per heavy atom. The number of methoxy groups -OCH3 is 1. The Labute approximate surface area is 124 Å². The summed E-state index contributed by atoms with van der Waals surface area (Å²) in [5.74, 6) is -0.0112. The molecule has 2 aromatic rings. The first-order valence-electron chi connectivity index (χ1n) is 7.12. The van der Waals surface area contributed by atoms with Crippen molar-refractivity contribution >= 4 is 0 Å². The summed E-state index contributed by atoms with van der Waals surface area (Å²) < 4.78 is 20.3. The highest BCUT2D eigenvalue weighted by Crippen LogP contribution is 2.20. The zero-order valence-corrected chi connectivity index (χ0v) is 12.6. The van der Waals surface area contributed by atoms with Crippen molar-refractivity contribution in [3.63, 3.8) is 0 Å². The van der Waals surface area contributed by atoms with Crippen LogP contribution in [-0.2, 0) is 18.2 Å². The number of rotatable bonds is 8. The normalized spacial score (nSPS) is 12.5. The van der Waals surface area contributed by atoms with Gasteiger partial charge in [-0.2, -0.15) is 5.10 Å². The Kier molecular flexibility index (Phi) is 5.90. The molecule has 1 aromatic carbocycles. The molecule has 1 atom stereocenters. The van der Waals surface area contributed by atoms with Crippen LogP contribution in [0.25, 0.3) is 0 Å². The lowest BCUT2D eigenvalue weighted by molar-refractivity contribution is 0.199. The molecular formula is C16H22FN3O. The Hall–Kier alpha value is -1.72. The Morgan fingerprint density at radius 3 is 2.90 bits per heavy atom. The van der Waals surface area contributed by atoms with Crippen molar-refractivity contribution in [2.24, 2.45) is 7.05 Å². The molecule has 0 saturated carbocycles. The molecule has 0 bridgehead atoms. The van der Waals surface area contributed by atoms with Crippen LogP contribution in [0.4, 0.5) is 4.39 Å². The third-order valence-electron chi connectivity index (χ3n) is 3.42.